The summed E-state index contributed by atoms with van der Waals surface area (Å²) in [4.78, 5) is 4.01. The van der Waals surface area contributed by atoms with E-state index in [9.17, 15) is 4.39 Å². The molecular formula is C13H11BrClFN2. The van der Waals surface area contributed by atoms with E-state index in [0.717, 1.165) is 21.3 Å². The summed E-state index contributed by atoms with van der Waals surface area (Å²) < 4.78 is 13.9. The number of nitrogens with zero attached hydrogens (tertiary/aromatic N) is 1. The highest BCUT2D eigenvalue weighted by Crippen LogP contribution is 2.23. The highest BCUT2D eigenvalue weighted by atomic mass is 79.9. The van der Waals surface area contributed by atoms with Crippen molar-refractivity contribution in [3.63, 3.8) is 0 Å². The Labute approximate surface area is 118 Å². The van der Waals surface area contributed by atoms with Gasteiger partial charge in [-0.05, 0) is 52.2 Å². The first-order chi connectivity index (χ1) is 8.56. The van der Waals surface area contributed by atoms with E-state index < -0.39 is 0 Å². The summed E-state index contributed by atoms with van der Waals surface area (Å²) >= 11 is 9.11. The van der Waals surface area contributed by atoms with Crippen molar-refractivity contribution in [3.8, 4) is 0 Å². The van der Waals surface area contributed by atoms with Crippen molar-refractivity contribution >= 4 is 33.2 Å². The Morgan fingerprint density at radius 2 is 2.17 bits per heavy atom. The van der Waals surface area contributed by atoms with Crippen molar-refractivity contribution < 1.29 is 4.39 Å². The number of rotatable bonds is 3. The number of hydrogen-bond acceptors (Lipinski definition) is 2. The first-order valence-electron chi connectivity index (χ1n) is 5.36. The second-order valence-corrected chi connectivity index (χ2v) is 5.13. The van der Waals surface area contributed by atoms with Crippen LogP contribution in [0.25, 0.3) is 0 Å². The van der Waals surface area contributed by atoms with Gasteiger partial charge in [0.1, 0.15) is 11.0 Å². The maximum Gasteiger partial charge on any atom is 0.143 e. The van der Waals surface area contributed by atoms with Gasteiger partial charge in [-0.2, -0.15) is 0 Å². The first-order valence-corrected chi connectivity index (χ1v) is 6.53. The molecule has 2 rings (SSSR count). The Kier molecular flexibility index (Phi) is 4.19. The molecule has 0 atom stereocenters. The Morgan fingerprint density at radius 1 is 1.39 bits per heavy atom. The number of benzene rings is 1. The van der Waals surface area contributed by atoms with E-state index in [1.807, 2.05) is 13.0 Å². The molecule has 0 aliphatic heterocycles. The maximum absolute atomic E-state index is 13.1. The van der Waals surface area contributed by atoms with E-state index >= 15 is 0 Å². The highest BCUT2D eigenvalue weighted by Gasteiger charge is 2.03. The SMILES string of the molecule is Cc1ccc(F)cc1CNc1cnc(Cl)c(Br)c1. The lowest BCUT2D eigenvalue weighted by Gasteiger charge is -2.09. The summed E-state index contributed by atoms with van der Waals surface area (Å²) in [6, 6.07) is 6.59. The molecule has 1 aromatic carbocycles. The van der Waals surface area contributed by atoms with Crippen LogP contribution in [0.5, 0.6) is 0 Å². The third-order valence-corrected chi connectivity index (χ3v) is 3.72. The van der Waals surface area contributed by atoms with Crippen LogP contribution in [0.15, 0.2) is 34.9 Å². The predicted octanol–water partition coefficient (Wildman–Crippen LogP) is 4.56. The predicted molar refractivity (Wildman–Crippen MR) is 75.4 cm³/mol. The van der Waals surface area contributed by atoms with Crippen LogP contribution in [-0.2, 0) is 6.54 Å². The van der Waals surface area contributed by atoms with Gasteiger partial charge in [0.05, 0.1) is 16.4 Å². The molecule has 0 spiro atoms. The van der Waals surface area contributed by atoms with Gasteiger partial charge in [-0.1, -0.05) is 17.7 Å². The van der Waals surface area contributed by atoms with Crippen molar-refractivity contribution in [3.05, 3.63) is 57.0 Å². The molecule has 1 aromatic heterocycles. The Bertz CT molecular complexity index is 575. The molecule has 1 N–H and O–H groups in total. The molecule has 0 saturated heterocycles. The first kappa shape index (κ1) is 13.3. The average molecular weight is 330 g/mol. The number of aromatic nitrogens is 1. The molecule has 2 nitrogen and oxygen atoms in total. The van der Waals surface area contributed by atoms with E-state index in [1.54, 1.807) is 12.3 Å². The number of pyridine rings is 1. The van der Waals surface area contributed by atoms with Gasteiger partial charge in [-0.3, -0.25) is 0 Å². The fourth-order valence-corrected chi connectivity index (χ4v) is 2.00. The zero-order valence-electron chi connectivity index (χ0n) is 9.67. The molecule has 0 aliphatic carbocycles. The minimum absolute atomic E-state index is 0.229. The zero-order valence-corrected chi connectivity index (χ0v) is 12.0. The van der Waals surface area contributed by atoms with Crippen LogP contribution in [0.1, 0.15) is 11.1 Å². The molecule has 1 heterocycles. The molecule has 18 heavy (non-hydrogen) atoms. The molecule has 0 unspecified atom stereocenters. The van der Waals surface area contributed by atoms with Gasteiger partial charge >= 0.3 is 0 Å². The lowest BCUT2D eigenvalue weighted by molar-refractivity contribution is 0.625. The van der Waals surface area contributed by atoms with E-state index in [2.05, 4.69) is 26.2 Å². The summed E-state index contributed by atoms with van der Waals surface area (Å²) in [5, 5.41) is 3.60. The van der Waals surface area contributed by atoms with Gasteiger partial charge in [0.2, 0.25) is 0 Å². The van der Waals surface area contributed by atoms with Crippen LogP contribution in [0.2, 0.25) is 5.15 Å². The second kappa shape index (κ2) is 5.67. The summed E-state index contributed by atoms with van der Waals surface area (Å²) in [6.45, 7) is 2.49. The lowest BCUT2D eigenvalue weighted by Crippen LogP contribution is -2.02. The molecule has 5 heteroatoms. The molecule has 0 fully saturated rings. The van der Waals surface area contributed by atoms with Gasteiger partial charge in [-0.25, -0.2) is 9.37 Å². The van der Waals surface area contributed by atoms with E-state index in [4.69, 9.17) is 11.6 Å². The fourth-order valence-electron chi connectivity index (χ4n) is 1.55. The summed E-state index contributed by atoms with van der Waals surface area (Å²) in [5.74, 6) is -0.229. The second-order valence-electron chi connectivity index (χ2n) is 3.92. The molecule has 0 radical (unpaired) electrons. The van der Waals surface area contributed by atoms with Crippen molar-refractivity contribution in [1.82, 2.24) is 4.98 Å². The van der Waals surface area contributed by atoms with Gasteiger partial charge in [-0.15, -0.1) is 0 Å². The quantitative estimate of drug-likeness (QED) is 0.835. The van der Waals surface area contributed by atoms with Crippen LogP contribution >= 0.6 is 27.5 Å². The zero-order chi connectivity index (χ0) is 13.1. The van der Waals surface area contributed by atoms with Gasteiger partial charge in [0.25, 0.3) is 0 Å². The van der Waals surface area contributed by atoms with Crippen LogP contribution in [0.4, 0.5) is 10.1 Å². The fraction of sp³-hybridized carbons (Fsp3) is 0.154. The molecule has 0 saturated carbocycles. The maximum atomic E-state index is 13.1. The smallest absolute Gasteiger partial charge is 0.143 e. The van der Waals surface area contributed by atoms with Gasteiger partial charge in [0, 0.05) is 6.54 Å². The van der Waals surface area contributed by atoms with Gasteiger partial charge < -0.3 is 5.32 Å². The summed E-state index contributed by atoms with van der Waals surface area (Å²) in [7, 11) is 0. The molecule has 0 amide bonds. The molecule has 2 aromatic rings. The monoisotopic (exact) mass is 328 g/mol. The van der Waals surface area contributed by atoms with Crippen molar-refractivity contribution in [2.45, 2.75) is 13.5 Å². The Hall–Kier alpha value is -1.13. The van der Waals surface area contributed by atoms with E-state index in [-0.39, 0.29) is 5.82 Å². The number of hydrogen-bond donors (Lipinski definition) is 1. The highest BCUT2D eigenvalue weighted by molar-refractivity contribution is 9.10. The summed E-state index contributed by atoms with van der Waals surface area (Å²) in [6.07, 6.45) is 1.64. The van der Waals surface area contributed by atoms with Crippen molar-refractivity contribution in [1.29, 1.82) is 0 Å². The molecule has 0 aliphatic rings. The van der Waals surface area contributed by atoms with Gasteiger partial charge in [0.15, 0.2) is 0 Å². The van der Waals surface area contributed by atoms with Crippen LogP contribution in [0, 0.1) is 12.7 Å². The molecule has 94 valence electrons. The minimum atomic E-state index is -0.229. The number of nitrogens with one attached hydrogen (secondary N) is 1. The number of anilines is 1. The van der Waals surface area contributed by atoms with Crippen molar-refractivity contribution in [2.24, 2.45) is 0 Å². The number of halogens is 3. The average Bonchev–Trinajstić information content (AvgIpc) is 2.34. The summed E-state index contributed by atoms with van der Waals surface area (Å²) in [5.41, 5.74) is 2.79. The Balaban J connectivity index is 2.11. The normalized spacial score (nSPS) is 10.4. The van der Waals surface area contributed by atoms with Crippen molar-refractivity contribution in [2.75, 3.05) is 5.32 Å². The van der Waals surface area contributed by atoms with Crippen LogP contribution in [-0.4, -0.2) is 4.98 Å². The standard InChI is InChI=1S/C13H11BrClFN2/c1-8-2-3-10(16)4-9(8)6-17-11-5-12(14)13(15)18-7-11/h2-5,7,17H,6H2,1H3. The third kappa shape index (κ3) is 3.21. The van der Waals surface area contributed by atoms with Crippen LogP contribution in [0.3, 0.4) is 0 Å². The minimum Gasteiger partial charge on any atom is -0.380 e. The lowest BCUT2D eigenvalue weighted by atomic mass is 10.1. The number of aryl methyl sites for hydroxylation is 1. The topological polar surface area (TPSA) is 24.9 Å². The molecule has 0 bridgehead atoms. The van der Waals surface area contributed by atoms with E-state index in [1.165, 1.54) is 12.1 Å². The largest absolute Gasteiger partial charge is 0.380 e. The third-order valence-electron chi connectivity index (χ3n) is 2.59. The molecular weight excluding hydrogens is 319 g/mol. The Morgan fingerprint density at radius 3 is 2.89 bits per heavy atom. The van der Waals surface area contributed by atoms with E-state index in [0.29, 0.717) is 11.7 Å². The van der Waals surface area contributed by atoms with Crippen LogP contribution < -0.4 is 5.32 Å².